The van der Waals surface area contributed by atoms with Gasteiger partial charge in [-0.25, -0.2) is 9.59 Å². The molecule has 0 saturated heterocycles. The van der Waals surface area contributed by atoms with Crippen LogP contribution in [0.3, 0.4) is 0 Å². The highest BCUT2D eigenvalue weighted by molar-refractivity contribution is 6.61. The van der Waals surface area contributed by atoms with Crippen molar-refractivity contribution in [3.05, 3.63) is 39.4 Å². The summed E-state index contributed by atoms with van der Waals surface area (Å²) < 4.78 is 8.97. The number of hydrogen-bond acceptors (Lipinski definition) is 6. The van der Waals surface area contributed by atoms with Crippen molar-refractivity contribution in [3.8, 4) is 0 Å². The van der Waals surface area contributed by atoms with E-state index < -0.39 is 16.3 Å². The number of rotatable bonds is 5. The van der Waals surface area contributed by atoms with E-state index in [1.165, 1.54) is 19.2 Å². The van der Waals surface area contributed by atoms with Crippen LogP contribution in [0.4, 0.5) is 10.5 Å². The highest BCUT2D eigenvalue weighted by Gasteiger charge is 2.17. The Balaban J connectivity index is 2.95. The van der Waals surface area contributed by atoms with Crippen LogP contribution in [0.15, 0.2) is 18.2 Å². The summed E-state index contributed by atoms with van der Waals surface area (Å²) in [6.45, 7) is -0.0826. The molecule has 102 valence electrons. The molecular weight excluding hydrogens is 278 g/mol. The molecule has 0 aliphatic carbocycles. The number of esters is 1. The molecule has 1 rings (SSSR count). The van der Waals surface area contributed by atoms with Gasteiger partial charge < -0.3 is 9.47 Å². The van der Waals surface area contributed by atoms with Gasteiger partial charge in [0, 0.05) is 29.7 Å². The molecule has 0 fully saturated rings. The number of nitro groups is 1. The van der Waals surface area contributed by atoms with Crippen molar-refractivity contribution in [3.63, 3.8) is 0 Å². The van der Waals surface area contributed by atoms with E-state index in [0.717, 1.165) is 6.07 Å². The zero-order valence-electron chi connectivity index (χ0n) is 9.92. The number of halogens is 1. The number of nitrogens with zero attached hydrogens (tertiary/aromatic N) is 1. The Hall–Kier alpha value is -2.15. The third-order valence-electron chi connectivity index (χ3n) is 2.29. The lowest BCUT2D eigenvalue weighted by Crippen LogP contribution is -2.06. The summed E-state index contributed by atoms with van der Waals surface area (Å²) in [5.41, 5.74) is -0.815. The molecule has 0 aromatic heterocycles. The first-order valence-electron chi connectivity index (χ1n) is 5.13. The van der Waals surface area contributed by atoms with Crippen LogP contribution < -0.4 is 0 Å². The van der Waals surface area contributed by atoms with Crippen molar-refractivity contribution in [2.75, 3.05) is 13.7 Å². The molecule has 0 N–H and O–H groups in total. The van der Waals surface area contributed by atoms with E-state index in [9.17, 15) is 19.7 Å². The van der Waals surface area contributed by atoms with Gasteiger partial charge in [-0.2, -0.15) is 0 Å². The van der Waals surface area contributed by atoms with Gasteiger partial charge in [-0.1, -0.05) is 6.07 Å². The van der Waals surface area contributed by atoms with Gasteiger partial charge in [0.05, 0.1) is 24.2 Å². The maximum absolute atomic E-state index is 11.3. The molecule has 0 radical (unpaired) electrons. The lowest BCUT2D eigenvalue weighted by atomic mass is 10.1. The van der Waals surface area contributed by atoms with Gasteiger partial charge in [0.25, 0.3) is 5.69 Å². The van der Waals surface area contributed by atoms with Crippen LogP contribution >= 0.6 is 11.6 Å². The van der Waals surface area contributed by atoms with Gasteiger partial charge in [-0.3, -0.25) is 10.1 Å². The number of carbonyl (C=O) groups is 2. The monoisotopic (exact) mass is 287 g/mol. The first kappa shape index (κ1) is 14.9. The third kappa shape index (κ3) is 4.22. The van der Waals surface area contributed by atoms with Crippen LogP contribution in [-0.2, 0) is 15.9 Å². The number of benzene rings is 1. The first-order chi connectivity index (χ1) is 8.95. The minimum atomic E-state index is -0.978. The normalized spacial score (nSPS) is 9.79. The van der Waals surface area contributed by atoms with Gasteiger partial charge >= 0.3 is 11.4 Å². The van der Waals surface area contributed by atoms with E-state index >= 15 is 0 Å². The fraction of sp³-hybridized carbons (Fsp3) is 0.273. The van der Waals surface area contributed by atoms with E-state index in [0.29, 0.717) is 5.56 Å². The van der Waals surface area contributed by atoms with Crippen molar-refractivity contribution in [2.24, 2.45) is 0 Å². The minimum absolute atomic E-state index is 0.0762. The van der Waals surface area contributed by atoms with Gasteiger partial charge in [-0.15, -0.1) is 0 Å². The molecular formula is C11H10ClNO6. The maximum Gasteiger partial charge on any atom is 0.403 e. The molecule has 0 aliphatic rings. The summed E-state index contributed by atoms with van der Waals surface area (Å²) in [5, 5.41) is 10.9. The zero-order chi connectivity index (χ0) is 14.4. The van der Waals surface area contributed by atoms with Crippen LogP contribution in [0, 0.1) is 10.1 Å². The number of hydrogen-bond donors (Lipinski definition) is 0. The Morgan fingerprint density at radius 1 is 1.42 bits per heavy atom. The zero-order valence-corrected chi connectivity index (χ0v) is 10.7. The molecule has 0 unspecified atom stereocenters. The molecule has 8 heteroatoms. The second-order valence-electron chi connectivity index (χ2n) is 3.43. The quantitative estimate of drug-likeness (QED) is 0.357. The molecule has 0 saturated carbocycles. The molecule has 7 nitrogen and oxygen atoms in total. The van der Waals surface area contributed by atoms with Crippen molar-refractivity contribution < 1.29 is 24.0 Å². The predicted octanol–water partition coefficient (Wildman–Crippen LogP) is 2.30. The molecule has 0 atom stereocenters. The smallest absolute Gasteiger partial charge is 0.403 e. The predicted molar refractivity (Wildman–Crippen MR) is 65.3 cm³/mol. The Labute approximate surface area is 113 Å². The molecule has 19 heavy (non-hydrogen) atoms. The Morgan fingerprint density at radius 2 is 2.11 bits per heavy atom. The molecule has 1 aromatic rings. The highest BCUT2D eigenvalue weighted by atomic mass is 35.5. The van der Waals surface area contributed by atoms with Crippen LogP contribution in [0.1, 0.15) is 15.9 Å². The van der Waals surface area contributed by atoms with Crippen LogP contribution in [0.25, 0.3) is 0 Å². The summed E-state index contributed by atoms with van der Waals surface area (Å²) in [5.74, 6) is -0.665. The van der Waals surface area contributed by atoms with Gasteiger partial charge in [-0.05, 0) is 6.07 Å². The van der Waals surface area contributed by atoms with Gasteiger partial charge in [0.2, 0.25) is 0 Å². The lowest BCUT2D eigenvalue weighted by molar-refractivity contribution is -0.385. The fourth-order valence-electron chi connectivity index (χ4n) is 1.43. The van der Waals surface area contributed by atoms with E-state index in [1.54, 1.807) is 0 Å². The average Bonchev–Trinajstić information content (AvgIpc) is 2.37. The van der Waals surface area contributed by atoms with Gasteiger partial charge in [0.15, 0.2) is 0 Å². The van der Waals surface area contributed by atoms with Crippen LogP contribution in [0.5, 0.6) is 0 Å². The SMILES string of the molecule is COC(=O)c1ccc(CCOC(=O)Cl)c([N+](=O)[O-])c1. The Kier molecular flexibility index (Phi) is 5.25. The summed E-state index contributed by atoms with van der Waals surface area (Å²) >= 11 is 4.98. The number of methoxy groups -OCH3 is 1. The fourth-order valence-corrected chi connectivity index (χ4v) is 1.51. The Bertz CT molecular complexity index is 516. The summed E-state index contributed by atoms with van der Waals surface area (Å²) in [6, 6.07) is 3.92. The topological polar surface area (TPSA) is 95.7 Å². The Morgan fingerprint density at radius 3 is 2.63 bits per heavy atom. The minimum Gasteiger partial charge on any atom is -0.465 e. The largest absolute Gasteiger partial charge is 0.465 e. The van der Waals surface area contributed by atoms with Crippen molar-refractivity contribution in [1.82, 2.24) is 0 Å². The maximum atomic E-state index is 11.3. The molecule has 0 amide bonds. The van der Waals surface area contributed by atoms with Crippen molar-refractivity contribution >= 4 is 28.7 Å². The molecule has 0 spiro atoms. The highest BCUT2D eigenvalue weighted by Crippen LogP contribution is 2.21. The standard InChI is InChI=1S/C11H10ClNO6/c1-18-10(14)8-3-2-7(4-5-19-11(12)15)9(6-8)13(16)17/h2-3,6H,4-5H2,1H3. The number of nitro benzene ring substituents is 1. The third-order valence-corrected chi connectivity index (χ3v) is 2.40. The number of carbonyl (C=O) groups excluding carboxylic acids is 2. The summed E-state index contributed by atoms with van der Waals surface area (Å²) in [6.07, 6.45) is 0.121. The lowest BCUT2D eigenvalue weighted by Gasteiger charge is -2.05. The van der Waals surface area contributed by atoms with Crippen molar-refractivity contribution in [1.29, 1.82) is 0 Å². The first-order valence-corrected chi connectivity index (χ1v) is 5.51. The molecule has 0 bridgehead atoms. The molecule has 0 heterocycles. The summed E-state index contributed by atoms with van der Waals surface area (Å²) in [7, 11) is 1.18. The summed E-state index contributed by atoms with van der Waals surface area (Å²) in [4.78, 5) is 31.9. The van der Waals surface area contributed by atoms with Gasteiger partial charge in [0.1, 0.15) is 0 Å². The van der Waals surface area contributed by atoms with E-state index in [2.05, 4.69) is 9.47 Å². The van der Waals surface area contributed by atoms with E-state index in [4.69, 9.17) is 11.6 Å². The van der Waals surface area contributed by atoms with Crippen LogP contribution in [0.2, 0.25) is 0 Å². The van der Waals surface area contributed by atoms with Crippen molar-refractivity contribution in [2.45, 2.75) is 6.42 Å². The molecule has 1 aromatic carbocycles. The van der Waals surface area contributed by atoms with E-state index in [-0.39, 0.29) is 24.3 Å². The second kappa shape index (κ2) is 6.69. The van der Waals surface area contributed by atoms with E-state index in [1.807, 2.05) is 0 Å². The number of ether oxygens (including phenoxy) is 2. The average molecular weight is 288 g/mol. The second-order valence-corrected chi connectivity index (χ2v) is 3.74. The van der Waals surface area contributed by atoms with Crippen LogP contribution in [-0.4, -0.2) is 30.0 Å². The molecule has 0 aliphatic heterocycles.